The van der Waals surface area contributed by atoms with E-state index in [-0.39, 0.29) is 0 Å². The molecule has 0 amide bonds. The van der Waals surface area contributed by atoms with Crippen LogP contribution in [0, 0.1) is 0 Å². The first-order valence-corrected chi connectivity index (χ1v) is 5.17. The van der Waals surface area contributed by atoms with Gasteiger partial charge in [0, 0.05) is 12.6 Å². The maximum atomic E-state index is 5.70. The number of nitrogens with zero attached hydrogens (tertiary/aromatic N) is 2. The standard InChI is InChI=1S/C12H15N3O2/c1-15-9(7-14-12(15)13)8-4-5-10(16-2)11(6-8)17-3/h4-7H,1-3H3,(H2,13,14). The minimum Gasteiger partial charge on any atom is -0.493 e. The van der Waals surface area contributed by atoms with E-state index in [0.717, 1.165) is 11.3 Å². The predicted molar refractivity (Wildman–Crippen MR) is 66.2 cm³/mol. The van der Waals surface area contributed by atoms with E-state index >= 15 is 0 Å². The molecule has 0 aliphatic heterocycles. The number of rotatable bonds is 3. The first kappa shape index (κ1) is 11.3. The van der Waals surface area contributed by atoms with Crippen molar-refractivity contribution in [2.24, 2.45) is 7.05 Å². The van der Waals surface area contributed by atoms with Gasteiger partial charge in [-0.1, -0.05) is 0 Å². The molecule has 5 heteroatoms. The van der Waals surface area contributed by atoms with E-state index < -0.39 is 0 Å². The van der Waals surface area contributed by atoms with Gasteiger partial charge in [-0.25, -0.2) is 4.98 Å². The molecule has 2 N–H and O–H groups in total. The van der Waals surface area contributed by atoms with Gasteiger partial charge in [-0.2, -0.15) is 0 Å². The van der Waals surface area contributed by atoms with Gasteiger partial charge < -0.3 is 19.8 Å². The van der Waals surface area contributed by atoms with Crippen molar-refractivity contribution in [3.8, 4) is 22.8 Å². The smallest absolute Gasteiger partial charge is 0.200 e. The molecule has 1 aromatic heterocycles. The molecule has 0 fully saturated rings. The molecule has 5 nitrogen and oxygen atoms in total. The number of nitrogens with two attached hydrogens (primary N) is 1. The van der Waals surface area contributed by atoms with Crippen LogP contribution in [0.5, 0.6) is 11.5 Å². The number of nitrogen functional groups attached to an aromatic ring is 1. The Morgan fingerprint density at radius 3 is 2.41 bits per heavy atom. The monoisotopic (exact) mass is 233 g/mol. The van der Waals surface area contributed by atoms with Crippen molar-refractivity contribution in [1.29, 1.82) is 0 Å². The molecule has 1 heterocycles. The summed E-state index contributed by atoms with van der Waals surface area (Å²) in [6.45, 7) is 0. The van der Waals surface area contributed by atoms with Crippen LogP contribution in [0.4, 0.5) is 5.95 Å². The van der Waals surface area contributed by atoms with Gasteiger partial charge in [0.25, 0.3) is 0 Å². The molecular weight excluding hydrogens is 218 g/mol. The fraction of sp³-hybridized carbons (Fsp3) is 0.250. The molecule has 0 saturated carbocycles. The van der Waals surface area contributed by atoms with Crippen LogP contribution in [-0.2, 0) is 7.05 Å². The van der Waals surface area contributed by atoms with Gasteiger partial charge in [-0.05, 0) is 18.2 Å². The number of hydrogen-bond acceptors (Lipinski definition) is 4. The minimum absolute atomic E-state index is 0.481. The molecule has 17 heavy (non-hydrogen) atoms. The van der Waals surface area contributed by atoms with Crippen molar-refractivity contribution in [2.75, 3.05) is 20.0 Å². The quantitative estimate of drug-likeness (QED) is 0.876. The summed E-state index contributed by atoms with van der Waals surface area (Å²) in [5.41, 5.74) is 7.62. The third kappa shape index (κ3) is 1.91. The Morgan fingerprint density at radius 2 is 1.88 bits per heavy atom. The van der Waals surface area contributed by atoms with Crippen molar-refractivity contribution in [3.63, 3.8) is 0 Å². The van der Waals surface area contributed by atoms with E-state index in [2.05, 4.69) is 4.98 Å². The van der Waals surface area contributed by atoms with Gasteiger partial charge in [-0.3, -0.25) is 0 Å². The lowest BCUT2D eigenvalue weighted by Crippen LogP contribution is -1.99. The van der Waals surface area contributed by atoms with Crippen LogP contribution in [0.2, 0.25) is 0 Å². The Labute approximate surface area is 99.8 Å². The summed E-state index contributed by atoms with van der Waals surface area (Å²) in [4.78, 5) is 4.06. The Bertz CT molecular complexity index is 535. The van der Waals surface area contributed by atoms with Crippen LogP contribution in [0.15, 0.2) is 24.4 Å². The average molecular weight is 233 g/mol. The average Bonchev–Trinajstić information content (AvgIpc) is 2.69. The van der Waals surface area contributed by atoms with Crippen molar-refractivity contribution >= 4 is 5.95 Å². The summed E-state index contributed by atoms with van der Waals surface area (Å²) in [6.07, 6.45) is 1.73. The fourth-order valence-corrected chi connectivity index (χ4v) is 1.69. The first-order chi connectivity index (χ1) is 8.17. The third-order valence-electron chi connectivity index (χ3n) is 2.70. The van der Waals surface area contributed by atoms with E-state index in [4.69, 9.17) is 15.2 Å². The molecule has 90 valence electrons. The normalized spacial score (nSPS) is 10.3. The maximum Gasteiger partial charge on any atom is 0.200 e. The molecule has 0 unspecified atom stereocenters. The molecule has 1 aromatic carbocycles. The second-order valence-corrected chi connectivity index (χ2v) is 3.63. The zero-order valence-corrected chi connectivity index (χ0v) is 10.1. The fourth-order valence-electron chi connectivity index (χ4n) is 1.69. The van der Waals surface area contributed by atoms with Crippen molar-refractivity contribution in [3.05, 3.63) is 24.4 Å². The van der Waals surface area contributed by atoms with Crippen LogP contribution in [0.3, 0.4) is 0 Å². The molecule has 0 spiro atoms. The van der Waals surface area contributed by atoms with Gasteiger partial charge in [0.2, 0.25) is 0 Å². The lowest BCUT2D eigenvalue weighted by atomic mass is 10.1. The second kappa shape index (κ2) is 4.37. The van der Waals surface area contributed by atoms with Crippen LogP contribution < -0.4 is 15.2 Å². The predicted octanol–water partition coefficient (Wildman–Crippen LogP) is 1.69. The molecule has 0 aliphatic carbocycles. The summed E-state index contributed by atoms with van der Waals surface area (Å²) >= 11 is 0. The summed E-state index contributed by atoms with van der Waals surface area (Å²) in [7, 11) is 5.09. The SMILES string of the molecule is COc1ccc(-c2cnc(N)n2C)cc1OC. The van der Waals surface area contributed by atoms with E-state index in [1.807, 2.05) is 29.8 Å². The van der Waals surface area contributed by atoms with Gasteiger partial charge in [0.05, 0.1) is 26.1 Å². The Morgan fingerprint density at radius 1 is 1.18 bits per heavy atom. The zero-order valence-electron chi connectivity index (χ0n) is 10.1. The van der Waals surface area contributed by atoms with E-state index in [0.29, 0.717) is 17.4 Å². The molecule has 0 saturated heterocycles. The second-order valence-electron chi connectivity index (χ2n) is 3.63. The number of ether oxygens (including phenoxy) is 2. The maximum absolute atomic E-state index is 5.70. The van der Waals surface area contributed by atoms with Gasteiger partial charge in [0.15, 0.2) is 17.4 Å². The highest BCUT2D eigenvalue weighted by atomic mass is 16.5. The molecule has 0 aliphatic rings. The lowest BCUT2D eigenvalue weighted by molar-refractivity contribution is 0.355. The largest absolute Gasteiger partial charge is 0.493 e. The Balaban J connectivity index is 2.50. The summed E-state index contributed by atoms with van der Waals surface area (Å²) < 4.78 is 12.3. The van der Waals surface area contributed by atoms with Crippen molar-refractivity contribution in [2.45, 2.75) is 0 Å². The van der Waals surface area contributed by atoms with Gasteiger partial charge >= 0.3 is 0 Å². The van der Waals surface area contributed by atoms with Gasteiger partial charge in [0.1, 0.15) is 0 Å². The molecule has 0 radical (unpaired) electrons. The lowest BCUT2D eigenvalue weighted by Gasteiger charge is -2.10. The molecule has 2 aromatic rings. The highest BCUT2D eigenvalue weighted by molar-refractivity contribution is 5.65. The van der Waals surface area contributed by atoms with Crippen LogP contribution >= 0.6 is 0 Å². The highest BCUT2D eigenvalue weighted by Crippen LogP contribution is 2.32. The number of benzene rings is 1. The first-order valence-electron chi connectivity index (χ1n) is 5.17. The number of imidazole rings is 1. The number of hydrogen-bond donors (Lipinski definition) is 1. The Kier molecular flexibility index (Phi) is 2.91. The summed E-state index contributed by atoms with van der Waals surface area (Å²) in [5, 5.41) is 0. The number of aromatic nitrogens is 2. The van der Waals surface area contributed by atoms with Crippen LogP contribution in [-0.4, -0.2) is 23.8 Å². The van der Waals surface area contributed by atoms with Crippen molar-refractivity contribution < 1.29 is 9.47 Å². The summed E-state index contributed by atoms with van der Waals surface area (Å²) in [6, 6.07) is 5.70. The summed E-state index contributed by atoms with van der Waals surface area (Å²) in [5.74, 6) is 1.87. The third-order valence-corrected chi connectivity index (χ3v) is 2.70. The van der Waals surface area contributed by atoms with E-state index in [1.54, 1.807) is 20.4 Å². The van der Waals surface area contributed by atoms with E-state index in [1.165, 1.54) is 0 Å². The molecular formula is C12H15N3O2. The van der Waals surface area contributed by atoms with Crippen LogP contribution in [0.1, 0.15) is 0 Å². The van der Waals surface area contributed by atoms with Crippen LogP contribution in [0.25, 0.3) is 11.3 Å². The molecule has 0 bridgehead atoms. The van der Waals surface area contributed by atoms with E-state index in [9.17, 15) is 0 Å². The minimum atomic E-state index is 0.481. The Hall–Kier alpha value is -2.17. The zero-order chi connectivity index (χ0) is 12.4. The topological polar surface area (TPSA) is 62.3 Å². The van der Waals surface area contributed by atoms with Gasteiger partial charge in [-0.15, -0.1) is 0 Å². The number of anilines is 1. The molecule has 0 atom stereocenters. The van der Waals surface area contributed by atoms with Crippen molar-refractivity contribution in [1.82, 2.24) is 9.55 Å². The molecule has 2 rings (SSSR count). The number of methoxy groups -OCH3 is 2. The highest BCUT2D eigenvalue weighted by Gasteiger charge is 2.10.